The highest BCUT2D eigenvalue weighted by Crippen LogP contribution is 2.20. The maximum atomic E-state index is 11.4. The molecule has 0 fully saturated rings. The lowest BCUT2D eigenvalue weighted by Gasteiger charge is -2.04. The normalized spacial score (nSPS) is 9.56. The average molecular weight is 223 g/mol. The van der Waals surface area contributed by atoms with Gasteiger partial charge in [0.05, 0.1) is 17.1 Å². The van der Waals surface area contributed by atoms with Crippen molar-refractivity contribution in [2.75, 3.05) is 6.61 Å². The van der Waals surface area contributed by atoms with E-state index in [2.05, 4.69) is 4.74 Å². The molecular formula is C10H9NO5. The maximum Gasteiger partial charge on any atom is 0.339 e. The smallest absolute Gasteiger partial charge is 0.339 e. The number of benzene rings is 1. The fourth-order valence-corrected chi connectivity index (χ4v) is 1.22. The van der Waals surface area contributed by atoms with Gasteiger partial charge in [-0.25, -0.2) is 4.79 Å². The van der Waals surface area contributed by atoms with E-state index >= 15 is 0 Å². The Morgan fingerprint density at radius 3 is 2.75 bits per heavy atom. The van der Waals surface area contributed by atoms with Gasteiger partial charge in [0, 0.05) is 6.07 Å². The van der Waals surface area contributed by atoms with Gasteiger partial charge in [-0.1, -0.05) is 6.07 Å². The molecule has 0 aromatic heterocycles. The fourth-order valence-electron chi connectivity index (χ4n) is 1.22. The Labute approximate surface area is 91.0 Å². The number of nitrogens with zero attached hydrogens (tertiary/aromatic N) is 1. The first-order valence-electron chi connectivity index (χ1n) is 4.51. The summed E-state index contributed by atoms with van der Waals surface area (Å²) in [6.07, 6.45) is 0.282. The molecule has 1 aromatic carbocycles. The first-order chi connectivity index (χ1) is 7.61. The van der Waals surface area contributed by atoms with Crippen LogP contribution in [0, 0.1) is 10.1 Å². The maximum absolute atomic E-state index is 11.4. The molecule has 0 spiro atoms. The van der Waals surface area contributed by atoms with E-state index < -0.39 is 16.6 Å². The Morgan fingerprint density at radius 1 is 1.56 bits per heavy atom. The summed E-state index contributed by atoms with van der Waals surface area (Å²) in [5, 5.41) is 10.6. The van der Waals surface area contributed by atoms with Crippen molar-refractivity contribution >= 4 is 17.9 Å². The summed E-state index contributed by atoms with van der Waals surface area (Å²) in [4.78, 5) is 32.0. The zero-order valence-electron chi connectivity index (χ0n) is 8.50. The van der Waals surface area contributed by atoms with Crippen LogP contribution in [0.4, 0.5) is 5.69 Å². The van der Waals surface area contributed by atoms with E-state index in [1.165, 1.54) is 12.1 Å². The van der Waals surface area contributed by atoms with Crippen LogP contribution in [-0.4, -0.2) is 23.8 Å². The molecule has 0 amide bonds. The highest BCUT2D eigenvalue weighted by Gasteiger charge is 2.21. The molecule has 84 valence electrons. The predicted molar refractivity (Wildman–Crippen MR) is 54.4 cm³/mol. The molecule has 0 unspecified atom stereocenters. The molecular weight excluding hydrogens is 214 g/mol. The van der Waals surface area contributed by atoms with Gasteiger partial charge in [-0.2, -0.15) is 0 Å². The Kier molecular flexibility index (Phi) is 3.71. The van der Waals surface area contributed by atoms with Crippen LogP contribution in [-0.2, 0) is 4.74 Å². The van der Waals surface area contributed by atoms with Gasteiger partial charge in [0.1, 0.15) is 5.56 Å². The summed E-state index contributed by atoms with van der Waals surface area (Å²) in [7, 11) is 0. The SMILES string of the molecule is CCOC(=O)c1cccc([N+](=O)[O-])c1C=O. The molecule has 0 heterocycles. The Hall–Kier alpha value is -2.24. The number of carbonyl (C=O) groups excluding carboxylic acids is 2. The van der Waals surface area contributed by atoms with Crippen LogP contribution in [0.25, 0.3) is 0 Å². The van der Waals surface area contributed by atoms with E-state index in [4.69, 9.17) is 0 Å². The Morgan fingerprint density at radius 2 is 2.25 bits per heavy atom. The molecule has 0 saturated heterocycles. The lowest BCUT2D eigenvalue weighted by atomic mass is 10.1. The van der Waals surface area contributed by atoms with Crippen molar-refractivity contribution in [3.63, 3.8) is 0 Å². The topological polar surface area (TPSA) is 86.5 Å². The standard InChI is InChI=1S/C10H9NO5/c1-2-16-10(13)7-4-3-5-9(11(14)15)8(7)6-12/h3-6H,2H2,1H3. The first-order valence-corrected chi connectivity index (χ1v) is 4.51. The summed E-state index contributed by atoms with van der Waals surface area (Å²) in [6.45, 7) is 1.75. The molecule has 0 aliphatic carbocycles. The average Bonchev–Trinajstić information content (AvgIpc) is 2.28. The molecule has 0 aliphatic heterocycles. The van der Waals surface area contributed by atoms with Crippen LogP contribution in [0.1, 0.15) is 27.6 Å². The third kappa shape index (κ3) is 2.22. The molecule has 1 aromatic rings. The third-order valence-electron chi connectivity index (χ3n) is 1.89. The van der Waals surface area contributed by atoms with Gasteiger partial charge in [0.15, 0.2) is 6.29 Å². The highest BCUT2D eigenvalue weighted by atomic mass is 16.6. The van der Waals surface area contributed by atoms with E-state index in [1.54, 1.807) is 6.92 Å². The largest absolute Gasteiger partial charge is 0.462 e. The minimum atomic E-state index is -0.742. The number of ether oxygens (including phenoxy) is 1. The second-order valence-corrected chi connectivity index (χ2v) is 2.83. The molecule has 0 radical (unpaired) electrons. The number of nitro benzene ring substituents is 1. The quantitative estimate of drug-likeness (QED) is 0.334. The summed E-state index contributed by atoms with van der Waals surface area (Å²) >= 11 is 0. The van der Waals surface area contributed by atoms with E-state index in [1.807, 2.05) is 0 Å². The number of hydrogen-bond donors (Lipinski definition) is 0. The van der Waals surface area contributed by atoms with Crippen molar-refractivity contribution in [3.8, 4) is 0 Å². The van der Waals surface area contributed by atoms with Crippen molar-refractivity contribution in [1.29, 1.82) is 0 Å². The second kappa shape index (κ2) is 5.01. The molecule has 16 heavy (non-hydrogen) atoms. The van der Waals surface area contributed by atoms with Gasteiger partial charge in [0.2, 0.25) is 0 Å². The van der Waals surface area contributed by atoms with Gasteiger partial charge in [-0.3, -0.25) is 14.9 Å². The first kappa shape index (κ1) is 11.8. The Balaban J connectivity index is 3.29. The van der Waals surface area contributed by atoms with E-state index in [0.717, 1.165) is 6.07 Å². The summed E-state index contributed by atoms with van der Waals surface area (Å²) < 4.78 is 4.68. The molecule has 0 saturated carbocycles. The van der Waals surface area contributed by atoms with E-state index in [0.29, 0.717) is 0 Å². The lowest BCUT2D eigenvalue weighted by Crippen LogP contribution is -2.09. The monoisotopic (exact) mass is 223 g/mol. The van der Waals surface area contributed by atoms with Gasteiger partial charge >= 0.3 is 5.97 Å². The van der Waals surface area contributed by atoms with Crippen molar-refractivity contribution in [2.45, 2.75) is 6.92 Å². The molecule has 0 atom stereocenters. The minimum Gasteiger partial charge on any atom is -0.462 e. The molecule has 6 nitrogen and oxygen atoms in total. The zero-order valence-corrected chi connectivity index (χ0v) is 8.50. The van der Waals surface area contributed by atoms with Gasteiger partial charge in [0.25, 0.3) is 5.69 Å². The number of aldehydes is 1. The highest BCUT2D eigenvalue weighted by molar-refractivity contribution is 6.00. The Bertz CT molecular complexity index is 441. The van der Waals surface area contributed by atoms with Gasteiger partial charge in [-0.15, -0.1) is 0 Å². The van der Waals surface area contributed by atoms with Crippen molar-refractivity contribution in [3.05, 3.63) is 39.4 Å². The minimum absolute atomic E-state index is 0.0916. The van der Waals surface area contributed by atoms with Crippen LogP contribution in [0.15, 0.2) is 18.2 Å². The van der Waals surface area contributed by atoms with Gasteiger partial charge < -0.3 is 4.74 Å². The number of rotatable bonds is 4. The molecule has 1 rings (SSSR count). The lowest BCUT2D eigenvalue weighted by molar-refractivity contribution is -0.385. The van der Waals surface area contributed by atoms with Crippen LogP contribution in [0.3, 0.4) is 0 Å². The number of hydrogen-bond acceptors (Lipinski definition) is 5. The summed E-state index contributed by atoms with van der Waals surface area (Å²) in [6, 6.07) is 3.80. The summed E-state index contributed by atoms with van der Waals surface area (Å²) in [5.41, 5.74) is -0.752. The van der Waals surface area contributed by atoms with Gasteiger partial charge in [-0.05, 0) is 13.0 Å². The molecule has 0 bridgehead atoms. The summed E-state index contributed by atoms with van der Waals surface area (Å²) in [5.74, 6) is -0.742. The van der Waals surface area contributed by atoms with E-state index in [-0.39, 0.29) is 24.0 Å². The zero-order chi connectivity index (χ0) is 12.1. The molecule has 6 heteroatoms. The van der Waals surface area contributed by atoms with Crippen molar-refractivity contribution < 1.29 is 19.2 Å². The number of carbonyl (C=O) groups is 2. The molecule has 0 N–H and O–H groups in total. The third-order valence-corrected chi connectivity index (χ3v) is 1.89. The van der Waals surface area contributed by atoms with Crippen molar-refractivity contribution in [2.24, 2.45) is 0 Å². The fraction of sp³-hybridized carbons (Fsp3) is 0.200. The van der Waals surface area contributed by atoms with Crippen LogP contribution in [0.5, 0.6) is 0 Å². The van der Waals surface area contributed by atoms with Crippen molar-refractivity contribution in [1.82, 2.24) is 0 Å². The van der Waals surface area contributed by atoms with Crippen LogP contribution in [0.2, 0.25) is 0 Å². The second-order valence-electron chi connectivity index (χ2n) is 2.83. The van der Waals surface area contributed by atoms with Crippen LogP contribution < -0.4 is 0 Å². The number of esters is 1. The van der Waals surface area contributed by atoms with Crippen LogP contribution >= 0.6 is 0 Å². The van der Waals surface area contributed by atoms with E-state index in [9.17, 15) is 19.7 Å². The molecule has 0 aliphatic rings. The number of nitro groups is 1. The predicted octanol–water partition coefficient (Wildman–Crippen LogP) is 1.58.